The first-order valence-electron chi connectivity index (χ1n) is 20.1. The van der Waals surface area contributed by atoms with Crippen molar-refractivity contribution in [3.63, 3.8) is 0 Å². The molecule has 19 nitrogen and oxygen atoms in total. The summed E-state index contributed by atoms with van der Waals surface area (Å²) in [6.07, 6.45) is 13.1. The summed E-state index contributed by atoms with van der Waals surface area (Å²) in [5.41, 5.74) is 9.80. The molecular weight excluding hydrogens is 813 g/mol. The van der Waals surface area contributed by atoms with Crippen molar-refractivity contribution in [1.82, 2.24) is 91.2 Å². The summed E-state index contributed by atoms with van der Waals surface area (Å²) in [6, 6.07) is 0. The van der Waals surface area contributed by atoms with Crippen molar-refractivity contribution in [3.05, 3.63) is 110 Å². The molecule has 0 aliphatic heterocycles. The molecule has 8 heterocycles. The van der Waals surface area contributed by atoms with Gasteiger partial charge in [-0.05, 0) is 62.3 Å². The fourth-order valence-corrected chi connectivity index (χ4v) is 3.59. The normalized spacial score (nSPS) is 8.08. The predicted octanol–water partition coefficient (Wildman–Crippen LogP) is 9.91. The van der Waals surface area contributed by atoms with Crippen LogP contribution >= 0.6 is 22.7 Å². The Kier molecular flexibility index (Phi) is 51.2. The number of aromatic amines is 3. The summed E-state index contributed by atoms with van der Waals surface area (Å²) in [7, 11) is 3.60. The predicted molar refractivity (Wildman–Crippen MR) is 251 cm³/mol. The average molecular weight is 889 g/mol. The van der Waals surface area contributed by atoms with Gasteiger partial charge < -0.3 is 4.42 Å². The molecule has 0 atom stereocenters. The number of oxazole rings is 1. The molecule has 61 heavy (non-hydrogen) atoms. The lowest BCUT2D eigenvalue weighted by Crippen LogP contribution is -1.89. The molecule has 0 bridgehead atoms. The molecule has 0 spiro atoms. The van der Waals surface area contributed by atoms with Gasteiger partial charge in [-0.15, -0.1) is 27.8 Å². The first kappa shape index (κ1) is 64.3. The van der Waals surface area contributed by atoms with Crippen LogP contribution in [0.25, 0.3) is 0 Å². The van der Waals surface area contributed by atoms with E-state index in [0.717, 1.165) is 39.9 Å². The molecule has 8 rings (SSSR count). The van der Waals surface area contributed by atoms with E-state index in [4.69, 9.17) is 4.42 Å². The van der Waals surface area contributed by atoms with E-state index in [0.29, 0.717) is 0 Å². The maximum atomic E-state index is 4.85. The monoisotopic (exact) mass is 889 g/mol. The number of thiazole rings is 2. The first-order valence-corrected chi connectivity index (χ1v) is 21.8. The van der Waals surface area contributed by atoms with E-state index in [1.807, 2.05) is 136 Å². The van der Waals surface area contributed by atoms with Crippen molar-refractivity contribution < 1.29 is 4.42 Å². The summed E-state index contributed by atoms with van der Waals surface area (Å²) in [5.74, 6) is 0.903. The largest absolute Gasteiger partial charge is 0.449 e. The minimum absolute atomic E-state index is 0.903. The van der Waals surface area contributed by atoms with Crippen LogP contribution < -0.4 is 0 Å². The third-order valence-corrected chi connectivity index (χ3v) is 7.36. The highest BCUT2D eigenvalue weighted by Crippen LogP contribution is 2.08. The maximum Gasteiger partial charge on any atom is 0.181 e. The van der Waals surface area contributed by atoms with Gasteiger partial charge in [0.2, 0.25) is 0 Å². The molecular formula is C40H76N18OS2. The van der Waals surface area contributed by atoms with Crippen molar-refractivity contribution >= 4 is 22.7 Å². The van der Waals surface area contributed by atoms with Gasteiger partial charge in [0.15, 0.2) is 6.39 Å². The van der Waals surface area contributed by atoms with Gasteiger partial charge in [-0.3, -0.25) is 4.68 Å². The Morgan fingerprint density at radius 1 is 0.508 bits per heavy atom. The van der Waals surface area contributed by atoms with Crippen molar-refractivity contribution in [2.75, 3.05) is 0 Å². The van der Waals surface area contributed by atoms with E-state index in [1.165, 1.54) is 20.9 Å². The number of nitrogens with one attached hydrogen (secondary N) is 3. The molecule has 0 fully saturated rings. The fraction of sp³-hybridized carbons (Fsp3) is 0.525. The van der Waals surface area contributed by atoms with Crippen LogP contribution in [-0.4, -0.2) is 91.2 Å². The van der Waals surface area contributed by atoms with Gasteiger partial charge in [0.25, 0.3) is 0 Å². The average Bonchev–Trinajstić information content (AvgIpc) is 4.14. The molecule has 0 saturated heterocycles. The van der Waals surface area contributed by atoms with Crippen LogP contribution in [-0.2, 0) is 14.1 Å². The molecule has 0 aliphatic carbocycles. The second kappa shape index (κ2) is 48.5. The Bertz CT molecular complexity index is 1540. The summed E-state index contributed by atoms with van der Waals surface area (Å²) in [4.78, 5) is 16.1. The molecule has 8 aromatic rings. The van der Waals surface area contributed by atoms with Gasteiger partial charge in [0.1, 0.15) is 5.76 Å². The summed E-state index contributed by atoms with van der Waals surface area (Å²) >= 11 is 3.39. The number of aryl methyl sites for hydroxylation is 11. The Morgan fingerprint density at radius 2 is 0.885 bits per heavy atom. The minimum atomic E-state index is 0.903. The molecule has 0 saturated carbocycles. The van der Waals surface area contributed by atoms with Gasteiger partial charge in [-0.25, -0.2) is 15.0 Å². The summed E-state index contributed by atoms with van der Waals surface area (Å²) < 4.78 is 6.49. The van der Waals surface area contributed by atoms with Crippen LogP contribution in [0.15, 0.2) is 65.2 Å². The zero-order chi connectivity index (χ0) is 47.9. The maximum absolute atomic E-state index is 4.85. The molecule has 0 radical (unpaired) electrons. The van der Waals surface area contributed by atoms with Crippen LogP contribution in [0.5, 0.6) is 0 Å². The number of hydrogen-bond donors (Lipinski definition) is 3. The zero-order valence-electron chi connectivity index (χ0n) is 40.7. The van der Waals surface area contributed by atoms with E-state index in [-0.39, 0.29) is 0 Å². The molecule has 0 aliphatic rings. The standard InChI is InChI=1S/C5H7NO.2C5H7NS.5C3H5N3.5C2H6/c3*1-4-5(2)7-3-6-4;1-6-3-2-4-5-6;1-6-4-2-3-5-6;3*1-3-2-4-6-5-3;5*1-2/h3*3H,1-2H3;2*2-3H,1H3;3*2H,1H3,(H,4,5,6);5*1-2H3. The van der Waals surface area contributed by atoms with Gasteiger partial charge in [0.05, 0.1) is 82.4 Å². The Balaban J connectivity index is -0.000000190. The third-order valence-electron chi connectivity index (χ3n) is 5.64. The van der Waals surface area contributed by atoms with E-state index in [2.05, 4.69) is 95.5 Å². The number of aromatic nitrogens is 18. The summed E-state index contributed by atoms with van der Waals surface area (Å²) in [6.45, 7) is 37.6. The highest BCUT2D eigenvalue weighted by atomic mass is 32.1. The van der Waals surface area contributed by atoms with Crippen LogP contribution in [0, 0.1) is 62.3 Å². The van der Waals surface area contributed by atoms with Crippen LogP contribution in [0.2, 0.25) is 0 Å². The zero-order valence-corrected chi connectivity index (χ0v) is 42.3. The molecule has 21 heteroatoms. The van der Waals surface area contributed by atoms with Crippen molar-refractivity contribution in [1.29, 1.82) is 0 Å². The first-order chi connectivity index (χ1) is 29.4. The lowest BCUT2D eigenvalue weighted by Gasteiger charge is -1.77. The number of H-pyrrole nitrogens is 3. The number of hydrogen-bond acceptors (Lipinski definition) is 16. The van der Waals surface area contributed by atoms with Crippen molar-refractivity contribution in [2.45, 2.75) is 132 Å². The van der Waals surface area contributed by atoms with Gasteiger partial charge in [-0.2, -0.15) is 61.2 Å². The van der Waals surface area contributed by atoms with Crippen LogP contribution in [0.3, 0.4) is 0 Å². The molecule has 0 amide bonds. The molecule has 344 valence electrons. The second-order valence-corrected chi connectivity index (χ2v) is 12.0. The Hall–Kier alpha value is -5.83. The van der Waals surface area contributed by atoms with Crippen molar-refractivity contribution in [2.24, 2.45) is 14.1 Å². The molecule has 0 aromatic carbocycles. The minimum Gasteiger partial charge on any atom is -0.449 e. The van der Waals surface area contributed by atoms with Crippen molar-refractivity contribution in [3.8, 4) is 0 Å². The molecule has 0 unspecified atom stereocenters. The van der Waals surface area contributed by atoms with E-state index in [9.17, 15) is 0 Å². The second-order valence-electron chi connectivity index (χ2n) is 9.91. The Morgan fingerprint density at radius 3 is 0.967 bits per heavy atom. The summed E-state index contributed by atoms with van der Waals surface area (Å²) in [5, 5.41) is 43.6. The molecule has 3 N–H and O–H groups in total. The van der Waals surface area contributed by atoms with E-state index in [1.54, 1.807) is 77.8 Å². The smallest absolute Gasteiger partial charge is 0.181 e. The fourth-order valence-electron chi connectivity index (χ4n) is 2.41. The number of rotatable bonds is 0. The number of nitrogens with zero attached hydrogens (tertiary/aromatic N) is 15. The molecule has 8 aromatic heterocycles. The third kappa shape index (κ3) is 42.1. The lowest BCUT2D eigenvalue weighted by molar-refractivity contribution is 0.525. The van der Waals surface area contributed by atoms with E-state index >= 15 is 0 Å². The quantitative estimate of drug-likeness (QED) is 0.128. The van der Waals surface area contributed by atoms with Crippen LogP contribution in [0.1, 0.15) is 119 Å². The SMILES string of the molecule is CC.CC.CC.CC.CC.Cc1cn[nH]n1.Cc1cn[nH]n1.Cc1cn[nH]n1.Cc1ncoc1C.Cc1ncsc1C.Cc1ncsc1C.Cn1ccnn1.Cn1nccn1. The van der Waals surface area contributed by atoms with Gasteiger partial charge in [0, 0.05) is 30.0 Å². The van der Waals surface area contributed by atoms with Gasteiger partial charge in [-0.1, -0.05) is 74.5 Å². The highest BCUT2D eigenvalue weighted by molar-refractivity contribution is 7.09. The lowest BCUT2D eigenvalue weighted by atomic mass is 10.4. The van der Waals surface area contributed by atoms with Gasteiger partial charge >= 0.3 is 0 Å². The highest BCUT2D eigenvalue weighted by Gasteiger charge is 1.91. The Labute approximate surface area is 373 Å². The van der Waals surface area contributed by atoms with E-state index < -0.39 is 0 Å². The topological polar surface area (TPSA) is 238 Å². The van der Waals surface area contributed by atoms with Crippen LogP contribution in [0.4, 0.5) is 0 Å².